The zero-order valence-electron chi connectivity index (χ0n) is 12.0. The standard InChI is InChI=1S/C13H21N3O3/c1-5-16(8-7-12(17)18-4)13-14-10(3)9-11(15-13)19-6-2/h9H,5-8H2,1-4H3. The van der Waals surface area contributed by atoms with Crippen LogP contribution in [0.2, 0.25) is 0 Å². The molecule has 0 aliphatic heterocycles. The Hall–Kier alpha value is -1.85. The van der Waals surface area contributed by atoms with E-state index in [-0.39, 0.29) is 5.97 Å². The van der Waals surface area contributed by atoms with Gasteiger partial charge in [0.25, 0.3) is 0 Å². The second kappa shape index (κ2) is 7.56. The van der Waals surface area contributed by atoms with Crippen molar-refractivity contribution in [1.82, 2.24) is 9.97 Å². The molecule has 106 valence electrons. The highest BCUT2D eigenvalue weighted by molar-refractivity contribution is 5.69. The van der Waals surface area contributed by atoms with Gasteiger partial charge in [0.1, 0.15) is 0 Å². The van der Waals surface area contributed by atoms with E-state index in [0.717, 1.165) is 5.69 Å². The lowest BCUT2D eigenvalue weighted by molar-refractivity contribution is -0.140. The van der Waals surface area contributed by atoms with Crippen LogP contribution in [0.15, 0.2) is 6.07 Å². The predicted molar refractivity (Wildman–Crippen MR) is 72.5 cm³/mol. The summed E-state index contributed by atoms with van der Waals surface area (Å²) in [5.74, 6) is 0.896. The van der Waals surface area contributed by atoms with E-state index < -0.39 is 0 Å². The van der Waals surface area contributed by atoms with Crippen molar-refractivity contribution in [2.45, 2.75) is 27.2 Å². The maximum atomic E-state index is 11.2. The third-order valence-corrected chi connectivity index (χ3v) is 2.59. The number of carbonyl (C=O) groups is 1. The summed E-state index contributed by atoms with van der Waals surface area (Å²) in [6.45, 7) is 7.59. The predicted octanol–water partition coefficient (Wildman–Crippen LogP) is 1.57. The molecule has 1 aromatic rings. The maximum absolute atomic E-state index is 11.2. The number of esters is 1. The number of methoxy groups -OCH3 is 1. The Labute approximate surface area is 113 Å². The second-order valence-electron chi connectivity index (χ2n) is 3.99. The highest BCUT2D eigenvalue weighted by Crippen LogP contribution is 2.15. The van der Waals surface area contributed by atoms with Crippen LogP contribution in [-0.4, -0.2) is 42.7 Å². The first-order valence-corrected chi connectivity index (χ1v) is 6.40. The smallest absolute Gasteiger partial charge is 0.307 e. The third-order valence-electron chi connectivity index (χ3n) is 2.59. The molecule has 0 unspecified atom stereocenters. The molecule has 1 heterocycles. The van der Waals surface area contributed by atoms with E-state index in [1.54, 1.807) is 6.07 Å². The normalized spacial score (nSPS) is 10.1. The SMILES string of the molecule is CCOc1cc(C)nc(N(CC)CCC(=O)OC)n1. The zero-order valence-corrected chi connectivity index (χ0v) is 12.0. The molecule has 1 aromatic heterocycles. The number of anilines is 1. The number of rotatable bonds is 7. The van der Waals surface area contributed by atoms with Crippen LogP contribution in [0.3, 0.4) is 0 Å². The molecule has 0 saturated carbocycles. The number of hydrogen-bond donors (Lipinski definition) is 0. The minimum atomic E-state index is -0.240. The quantitative estimate of drug-likeness (QED) is 0.699. The molecule has 0 atom stereocenters. The van der Waals surface area contributed by atoms with Crippen molar-refractivity contribution in [3.8, 4) is 5.88 Å². The molecule has 0 spiro atoms. The summed E-state index contributed by atoms with van der Waals surface area (Å²) in [5, 5.41) is 0. The molecular formula is C13H21N3O3. The minimum Gasteiger partial charge on any atom is -0.478 e. The van der Waals surface area contributed by atoms with Crippen molar-refractivity contribution in [3.05, 3.63) is 11.8 Å². The van der Waals surface area contributed by atoms with Gasteiger partial charge < -0.3 is 14.4 Å². The van der Waals surface area contributed by atoms with Gasteiger partial charge in [-0.05, 0) is 20.8 Å². The van der Waals surface area contributed by atoms with Gasteiger partial charge in [0, 0.05) is 24.8 Å². The van der Waals surface area contributed by atoms with E-state index in [1.165, 1.54) is 7.11 Å². The maximum Gasteiger partial charge on any atom is 0.307 e. The first-order valence-electron chi connectivity index (χ1n) is 6.40. The van der Waals surface area contributed by atoms with Crippen LogP contribution in [0.5, 0.6) is 5.88 Å². The summed E-state index contributed by atoms with van der Waals surface area (Å²) < 4.78 is 10.0. The van der Waals surface area contributed by atoms with Crippen LogP contribution in [-0.2, 0) is 9.53 Å². The number of nitrogens with zero attached hydrogens (tertiary/aromatic N) is 3. The van der Waals surface area contributed by atoms with Crippen LogP contribution >= 0.6 is 0 Å². The van der Waals surface area contributed by atoms with Gasteiger partial charge in [-0.25, -0.2) is 4.98 Å². The van der Waals surface area contributed by atoms with Crippen molar-refractivity contribution < 1.29 is 14.3 Å². The van der Waals surface area contributed by atoms with E-state index in [4.69, 9.17) is 4.74 Å². The summed E-state index contributed by atoms with van der Waals surface area (Å²) in [5.41, 5.74) is 0.838. The van der Waals surface area contributed by atoms with Gasteiger partial charge >= 0.3 is 5.97 Å². The summed E-state index contributed by atoms with van der Waals surface area (Å²) in [6, 6.07) is 1.79. The Morgan fingerprint density at radius 1 is 1.37 bits per heavy atom. The second-order valence-corrected chi connectivity index (χ2v) is 3.99. The molecule has 19 heavy (non-hydrogen) atoms. The van der Waals surface area contributed by atoms with E-state index in [0.29, 0.717) is 37.9 Å². The van der Waals surface area contributed by atoms with Crippen LogP contribution in [0.1, 0.15) is 26.0 Å². The Balaban J connectivity index is 2.82. The van der Waals surface area contributed by atoms with Gasteiger partial charge in [-0.1, -0.05) is 0 Å². The fraction of sp³-hybridized carbons (Fsp3) is 0.615. The van der Waals surface area contributed by atoms with E-state index in [2.05, 4.69) is 14.7 Å². The average Bonchev–Trinajstić information content (AvgIpc) is 2.39. The van der Waals surface area contributed by atoms with E-state index in [1.807, 2.05) is 25.7 Å². The Kier molecular flexibility index (Phi) is 6.05. The molecule has 0 aliphatic carbocycles. The molecule has 0 radical (unpaired) electrons. The van der Waals surface area contributed by atoms with Gasteiger partial charge in [-0.3, -0.25) is 4.79 Å². The van der Waals surface area contributed by atoms with Gasteiger partial charge in [-0.2, -0.15) is 4.98 Å². The molecule has 1 rings (SSSR count). The molecule has 0 N–H and O–H groups in total. The van der Waals surface area contributed by atoms with Crippen molar-refractivity contribution in [1.29, 1.82) is 0 Å². The fourth-order valence-corrected chi connectivity index (χ4v) is 1.62. The van der Waals surface area contributed by atoms with Crippen molar-refractivity contribution in [3.63, 3.8) is 0 Å². The van der Waals surface area contributed by atoms with Crippen molar-refractivity contribution in [2.75, 3.05) is 31.7 Å². The average molecular weight is 267 g/mol. The fourth-order valence-electron chi connectivity index (χ4n) is 1.62. The first kappa shape index (κ1) is 15.2. The number of aromatic nitrogens is 2. The van der Waals surface area contributed by atoms with Crippen LogP contribution in [0.25, 0.3) is 0 Å². The van der Waals surface area contributed by atoms with Crippen LogP contribution in [0, 0.1) is 6.92 Å². The van der Waals surface area contributed by atoms with Crippen molar-refractivity contribution >= 4 is 11.9 Å². The largest absolute Gasteiger partial charge is 0.478 e. The summed E-state index contributed by atoms with van der Waals surface area (Å²) in [7, 11) is 1.38. The van der Waals surface area contributed by atoms with Gasteiger partial charge in [0.2, 0.25) is 11.8 Å². The van der Waals surface area contributed by atoms with Gasteiger partial charge in [0.15, 0.2) is 0 Å². The molecule has 6 nitrogen and oxygen atoms in total. The topological polar surface area (TPSA) is 64.5 Å². The minimum absolute atomic E-state index is 0.240. The highest BCUT2D eigenvalue weighted by atomic mass is 16.5. The summed E-state index contributed by atoms with van der Waals surface area (Å²) in [6.07, 6.45) is 0.311. The Bertz CT molecular complexity index is 424. The number of hydrogen-bond acceptors (Lipinski definition) is 6. The first-order chi connectivity index (χ1) is 9.10. The molecule has 6 heteroatoms. The molecule has 0 fully saturated rings. The molecule has 0 saturated heterocycles. The van der Waals surface area contributed by atoms with Crippen molar-refractivity contribution in [2.24, 2.45) is 0 Å². The molecule has 0 aromatic carbocycles. The number of aryl methyl sites for hydroxylation is 1. The molecule has 0 amide bonds. The Morgan fingerprint density at radius 2 is 2.11 bits per heavy atom. The number of ether oxygens (including phenoxy) is 2. The lowest BCUT2D eigenvalue weighted by Gasteiger charge is -2.20. The Morgan fingerprint density at radius 3 is 2.68 bits per heavy atom. The monoisotopic (exact) mass is 267 g/mol. The lowest BCUT2D eigenvalue weighted by atomic mass is 10.4. The highest BCUT2D eigenvalue weighted by Gasteiger charge is 2.12. The van der Waals surface area contributed by atoms with Crippen LogP contribution < -0.4 is 9.64 Å². The summed E-state index contributed by atoms with van der Waals surface area (Å²) >= 11 is 0. The van der Waals surface area contributed by atoms with E-state index in [9.17, 15) is 4.79 Å². The summed E-state index contributed by atoms with van der Waals surface area (Å²) in [4.78, 5) is 21.8. The van der Waals surface area contributed by atoms with Crippen LogP contribution in [0.4, 0.5) is 5.95 Å². The molecular weight excluding hydrogens is 246 g/mol. The van der Waals surface area contributed by atoms with Gasteiger partial charge in [0.05, 0.1) is 20.1 Å². The van der Waals surface area contributed by atoms with Gasteiger partial charge in [-0.15, -0.1) is 0 Å². The lowest BCUT2D eigenvalue weighted by Crippen LogP contribution is -2.28. The third kappa shape index (κ3) is 4.73. The molecule has 0 aliphatic rings. The molecule has 0 bridgehead atoms. The van der Waals surface area contributed by atoms with E-state index >= 15 is 0 Å². The number of carbonyl (C=O) groups excluding carboxylic acids is 1. The zero-order chi connectivity index (χ0) is 14.3.